The molecule has 0 fully saturated rings. The number of hydrogen-bond donors (Lipinski definition) is 0. The zero-order chi connectivity index (χ0) is 13.0. The van der Waals surface area contributed by atoms with Crippen LogP contribution in [0.2, 0.25) is 0 Å². The zero-order valence-electron chi connectivity index (χ0n) is 10.3. The summed E-state index contributed by atoms with van der Waals surface area (Å²) >= 11 is 0. The molecule has 3 nitrogen and oxygen atoms in total. The van der Waals surface area contributed by atoms with E-state index in [1.807, 2.05) is 36.4 Å². The van der Waals surface area contributed by atoms with Gasteiger partial charge in [-0.3, -0.25) is 0 Å². The molecule has 2 aromatic carbocycles. The van der Waals surface area contributed by atoms with Gasteiger partial charge in [0.25, 0.3) is 0 Å². The standard InChI is InChI=1S/C14H14O3P/c1-16-11-5-3-7-13(9-11)18(15)14-8-4-6-12(10-14)17-2/h3-10H,1-2H3/q+1. The Balaban J connectivity index is 2.34. The largest absolute Gasteiger partial charge is 0.497 e. The summed E-state index contributed by atoms with van der Waals surface area (Å²) in [6.45, 7) is 0. The second-order valence-electron chi connectivity index (χ2n) is 3.70. The highest BCUT2D eigenvalue weighted by atomic mass is 31.1. The first kappa shape index (κ1) is 12.6. The topological polar surface area (TPSA) is 35.5 Å². The number of methoxy groups -OCH3 is 2. The van der Waals surface area contributed by atoms with Crippen LogP contribution in [0.1, 0.15) is 0 Å². The maximum atomic E-state index is 12.4. The van der Waals surface area contributed by atoms with E-state index in [0.717, 1.165) is 10.6 Å². The Morgan fingerprint density at radius 3 is 1.67 bits per heavy atom. The third kappa shape index (κ3) is 2.69. The molecule has 0 heterocycles. The lowest BCUT2D eigenvalue weighted by Crippen LogP contribution is -2.07. The summed E-state index contributed by atoms with van der Waals surface area (Å²) in [6.07, 6.45) is 0. The summed E-state index contributed by atoms with van der Waals surface area (Å²) in [5.41, 5.74) is 0. The highest BCUT2D eigenvalue weighted by Gasteiger charge is 2.24. The average Bonchev–Trinajstić information content (AvgIpc) is 2.46. The Bertz CT molecular complexity index is 517. The quantitative estimate of drug-likeness (QED) is 0.793. The molecule has 0 radical (unpaired) electrons. The number of benzene rings is 2. The minimum absolute atomic E-state index is 0.707. The van der Waals surface area contributed by atoms with Crippen LogP contribution in [0.4, 0.5) is 0 Å². The zero-order valence-corrected chi connectivity index (χ0v) is 11.2. The first-order valence-electron chi connectivity index (χ1n) is 5.50. The van der Waals surface area contributed by atoms with Gasteiger partial charge in [0.15, 0.2) is 10.6 Å². The molecule has 0 atom stereocenters. The van der Waals surface area contributed by atoms with Crippen LogP contribution in [0.25, 0.3) is 0 Å². The second-order valence-corrected chi connectivity index (χ2v) is 5.32. The summed E-state index contributed by atoms with van der Waals surface area (Å²) in [5.74, 6) is 1.41. The van der Waals surface area contributed by atoms with Gasteiger partial charge in [0, 0.05) is 12.1 Å². The Morgan fingerprint density at radius 2 is 1.28 bits per heavy atom. The number of hydrogen-bond acceptors (Lipinski definition) is 3. The van der Waals surface area contributed by atoms with Crippen LogP contribution < -0.4 is 20.1 Å². The van der Waals surface area contributed by atoms with Crippen LogP contribution in [-0.2, 0) is 4.57 Å². The predicted molar refractivity (Wildman–Crippen MR) is 72.9 cm³/mol. The Hall–Kier alpha value is -1.86. The van der Waals surface area contributed by atoms with Gasteiger partial charge in [-0.2, -0.15) is 0 Å². The van der Waals surface area contributed by atoms with Crippen molar-refractivity contribution in [2.24, 2.45) is 0 Å². The van der Waals surface area contributed by atoms with Gasteiger partial charge in [-0.15, -0.1) is 0 Å². The van der Waals surface area contributed by atoms with Crippen molar-refractivity contribution < 1.29 is 14.0 Å². The maximum Gasteiger partial charge on any atom is 0.415 e. The van der Waals surface area contributed by atoms with Crippen LogP contribution in [0, 0.1) is 0 Å². The van der Waals surface area contributed by atoms with Crippen LogP contribution in [0.5, 0.6) is 11.5 Å². The van der Waals surface area contributed by atoms with Crippen molar-refractivity contribution in [3.05, 3.63) is 48.5 Å². The Labute approximate surface area is 107 Å². The molecule has 0 bridgehead atoms. The summed E-state index contributed by atoms with van der Waals surface area (Å²) in [5, 5.41) is 1.50. The molecule has 0 N–H and O–H groups in total. The molecule has 0 aliphatic rings. The minimum Gasteiger partial charge on any atom is -0.497 e. The molecule has 0 amide bonds. The van der Waals surface area contributed by atoms with Crippen LogP contribution >= 0.6 is 7.80 Å². The highest BCUT2D eigenvalue weighted by Crippen LogP contribution is 2.23. The lowest BCUT2D eigenvalue weighted by atomic mass is 10.3. The molecule has 0 spiro atoms. The fraction of sp³-hybridized carbons (Fsp3) is 0.143. The van der Waals surface area contributed by atoms with Gasteiger partial charge in [-0.1, -0.05) is 16.7 Å². The smallest absolute Gasteiger partial charge is 0.415 e. The van der Waals surface area contributed by atoms with E-state index >= 15 is 0 Å². The van der Waals surface area contributed by atoms with Crippen molar-refractivity contribution in [3.8, 4) is 11.5 Å². The minimum atomic E-state index is -1.62. The van der Waals surface area contributed by atoms with Crippen molar-refractivity contribution >= 4 is 18.4 Å². The van der Waals surface area contributed by atoms with E-state index in [-0.39, 0.29) is 0 Å². The van der Waals surface area contributed by atoms with Crippen molar-refractivity contribution in [3.63, 3.8) is 0 Å². The van der Waals surface area contributed by atoms with Crippen molar-refractivity contribution in [2.75, 3.05) is 14.2 Å². The van der Waals surface area contributed by atoms with Gasteiger partial charge in [0.05, 0.1) is 14.2 Å². The molecular formula is C14H14O3P+. The van der Waals surface area contributed by atoms with E-state index in [2.05, 4.69) is 0 Å². The monoisotopic (exact) mass is 261 g/mol. The van der Waals surface area contributed by atoms with E-state index in [9.17, 15) is 4.57 Å². The highest BCUT2D eigenvalue weighted by molar-refractivity contribution is 7.61. The fourth-order valence-corrected chi connectivity index (χ4v) is 2.85. The maximum absolute atomic E-state index is 12.4. The van der Waals surface area contributed by atoms with E-state index in [4.69, 9.17) is 9.47 Å². The van der Waals surface area contributed by atoms with E-state index in [0.29, 0.717) is 11.5 Å². The third-order valence-electron chi connectivity index (χ3n) is 2.58. The van der Waals surface area contributed by atoms with Gasteiger partial charge in [0.1, 0.15) is 11.5 Å². The number of ether oxygens (including phenoxy) is 2. The van der Waals surface area contributed by atoms with E-state index < -0.39 is 7.80 Å². The SMILES string of the molecule is COc1cccc([P+](=O)c2cccc(OC)c2)c1. The predicted octanol–water partition coefficient (Wildman–Crippen LogP) is 2.48. The van der Waals surface area contributed by atoms with Crippen molar-refractivity contribution in [2.45, 2.75) is 0 Å². The molecule has 0 saturated heterocycles. The fourth-order valence-electron chi connectivity index (χ4n) is 1.62. The van der Waals surface area contributed by atoms with Crippen molar-refractivity contribution in [1.82, 2.24) is 0 Å². The molecule has 18 heavy (non-hydrogen) atoms. The van der Waals surface area contributed by atoms with Gasteiger partial charge in [-0.25, -0.2) is 0 Å². The van der Waals surface area contributed by atoms with Crippen LogP contribution in [-0.4, -0.2) is 14.2 Å². The molecule has 0 unspecified atom stereocenters. The van der Waals surface area contributed by atoms with Crippen molar-refractivity contribution in [1.29, 1.82) is 0 Å². The van der Waals surface area contributed by atoms with E-state index in [1.165, 1.54) is 0 Å². The molecule has 4 heteroatoms. The molecule has 0 aliphatic carbocycles. The van der Waals surface area contributed by atoms with Gasteiger partial charge >= 0.3 is 7.80 Å². The molecular weight excluding hydrogens is 247 g/mol. The Morgan fingerprint density at radius 1 is 0.833 bits per heavy atom. The third-order valence-corrected chi connectivity index (χ3v) is 4.07. The molecule has 92 valence electrons. The van der Waals surface area contributed by atoms with Crippen LogP contribution in [0.3, 0.4) is 0 Å². The first-order valence-corrected chi connectivity index (χ1v) is 6.76. The molecule has 2 rings (SSSR count). The molecule has 0 saturated carbocycles. The molecule has 0 aliphatic heterocycles. The second kappa shape index (κ2) is 5.65. The molecule has 2 aromatic rings. The summed E-state index contributed by atoms with van der Waals surface area (Å²) in [4.78, 5) is 0. The lowest BCUT2D eigenvalue weighted by Gasteiger charge is -1.99. The van der Waals surface area contributed by atoms with Gasteiger partial charge in [-0.05, 0) is 24.3 Å². The average molecular weight is 261 g/mol. The number of rotatable bonds is 4. The lowest BCUT2D eigenvalue weighted by molar-refractivity contribution is 0.415. The Kier molecular flexibility index (Phi) is 3.96. The first-order chi connectivity index (χ1) is 8.74. The van der Waals surface area contributed by atoms with Gasteiger partial charge in [0.2, 0.25) is 0 Å². The normalized spacial score (nSPS) is 9.89. The summed E-state index contributed by atoms with van der Waals surface area (Å²) in [6, 6.07) is 14.6. The van der Waals surface area contributed by atoms with Gasteiger partial charge < -0.3 is 9.47 Å². The molecule has 0 aromatic heterocycles. The summed E-state index contributed by atoms with van der Waals surface area (Å²) < 4.78 is 22.7. The van der Waals surface area contributed by atoms with E-state index in [1.54, 1.807) is 26.4 Å². The van der Waals surface area contributed by atoms with Crippen LogP contribution in [0.15, 0.2) is 48.5 Å². The summed E-state index contributed by atoms with van der Waals surface area (Å²) in [7, 11) is 1.57.